The number of carbonyl (C=O) groups excluding carboxylic acids is 1. The van der Waals surface area contributed by atoms with Gasteiger partial charge in [0.05, 0.1) is 0 Å². The molecule has 6 nitrogen and oxygen atoms in total. The van der Waals surface area contributed by atoms with Gasteiger partial charge >= 0.3 is 0 Å². The van der Waals surface area contributed by atoms with Crippen LogP contribution < -0.4 is 10.6 Å². The summed E-state index contributed by atoms with van der Waals surface area (Å²) in [5.74, 6) is -0.00415. The first-order chi connectivity index (χ1) is 11.9. The lowest BCUT2D eigenvalue weighted by Gasteiger charge is -2.12. The smallest absolute Gasteiger partial charge is 0.280 e. The summed E-state index contributed by atoms with van der Waals surface area (Å²) in [4.78, 5) is 12.6. The SMILES string of the molecule is Cc1cc(C)c(NC(=O)c2n[nH]nc2Nc2cccc(Cl)c2)c(C)c1. The number of amides is 1. The Morgan fingerprint density at radius 1 is 1.08 bits per heavy atom. The molecule has 0 aliphatic rings. The molecule has 0 aliphatic carbocycles. The molecule has 3 aromatic rings. The minimum atomic E-state index is -0.340. The number of aromatic nitrogens is 3. The fourth-order valence-corrected chi connectivity index (χ4v) is 2.92. The van der Waals surface area contributed by atoms with Gasteiger partial charge in [0.15, 0.2) is 11.5 Å². The number of aryl methyl sites for hydroxylation is 3. The van der Waals surface area contributed by atoms with Crippen LogP contribution >= 0.6 is 11.6 Å². The van der Waals surface area contributed by atoms with Gasteiger partial charge in [-0.3, -0.25) is 4.79 Å². The molecule has 0 saturated carbocycles. The van der Waals surface area contributed by atoms with E-state index in [0.29, 0.717) is 10.8 Å². The van der Waals surface area contributed by atoms with Crippen molar-refractivity contribution in [3.05, 3.63) is 63.8 Å². The van der Waals surface area contributed by atoms with Crippen LogP contribution in [0.15, 0.2) is 36.4 Å². The maximum absolute atomic E-state index is 12.6. The van der Waals surface area contributed by atoms with Crippen LogP contribution in [0.25, 0.3) is 0 Å². The van der Waals surface area contributed by atoms with Crippen LogP contribution in [0, 0.1) is 20.8 Å². The van der Waals surface area contributed by atoms with E-state index in [0.717, 1.165) is 28.1 Å². The van der Waals surface area contributed by atoms with E-state index >= 15 is 0 Å². The number of rotatable bonds is 4. The summed E-state index contributed by atoms with van der Waals surface area (Å²) in [7, 11) is 0. The largest absolute Gasteiger partial charge is 0.337 e. The summed E-state index contributed by atoms with van der Waals surface area (Å²) in [6, 6.07) is 11.2. The van der Waals surface area contributed by atoms with Crippen LogP contribution in [-0.2, 0) is 0 Å². The average Bonchev–Trinajstić information content (AvgIpc) is 2.99. The van der Waals surface area contributed by atoms with Crippen molar-refractivity contribution >= 4 is 34.7 Å². The molecule has 0 atom stereocenters. The van der Waals surface area contributed by atoms with Crippen LogP contribution in [0.4, 0.5) is 17.2 Å². The topological polar surface area (TPSA) is 82.7 Å². The van der Waals surface area contributed by atoms with E-state index in [4.69, 9.17) is 11.6 Å². The van der Waals surface area contributed by atoms with Gasteiger partial charge in [-0.25, -0.2) is 0 Å². The van der Waals surface area contributed by atoms with Gasteiger partial charge in [0.1, 0.15) is 0 Å². The molecule has 3 N–H and O–H groups in total. The Labute approximate surface area is 150 Å². The van der Waals surface area contributed by atoms with Crippen molar-refractivity contribution in [2.24, 2.45) is 0 Å². The van der Waals surface area contributed by atoms with Gasteiger partial charge < -0.3 is 10.6 Å². The summed E-state index contributed by atoms with van der Waals surface area (Å²) < 4.78 is 0. The first-order valence-corrected chi connectivity index (χ1v) is 8.14. The van der Waals surface area contributed by atoms with Crippen LogP contribution in [-0.4, -0.2) is 21.3 Å². The summed E-state index contributed by atoms with van der Waals surface area (Å²) in [6.07, 6.45) is 0. The van der Waals surface area contributed by atoms with Crippen LogP contribution in [0.1, 0.15) is 27.2 Å². The van der Waals surface area contributed by atoms with E-state index in [9.17, 15) is 4.79 Å². The number of benzene rings is 2. The van der Waals surface area contributed by atoms with Crippen molar-refractivity contribution in [2.45, 2.75) is 20.8 Å². The minimum absolute atomic E-state index is 0.180. The van der Waals surface area contributed by atoms with Crippen molar-refractivity contribution in [2.75, 3.05) is 10.6 Å². The van der Waals surface area contributed by atoms with Gasteiger partial charge in [-0.2, -0.15) is 5.21 Å². The Hall–Kier alpha value is -2.86. The van der Waals surface area contributed by atoms with Gasteiger partial charge in [0, 0.05) is 16.4 Å². The molecule has 7 heteroatoms. The van der Waals surface area contributed by atoms with Crippen molar-refractivity contribution in [3.63, 3.8) is 0 Å². The van der Waals surface area contributed by atoms with Crippen LogP contribution in [0.3, 0.4) is 0 Å². The fraction of sp³-hybridized carbons (Fsp3) is 0.167. The predicted molar refractivity (Wildman–Crippen MR) is 99.7 cm³/mol. The Kier molecular flexibility index (Phi) is 4.72. The van der Waals surface area contributed by atoms with Gasteiger partial charge in [0.2, 0.25) is 0 Å². The third kappa shape index (κ3) is 3.80. The highest BCUT2D eigenvalue weighted by Crippen LogP contribution is 2.24. The zero-order chi connectivity index (χ0) is 18.0. The molecular weight excluding hydrogens is 338 g/mol. The first kappa shape index (κ1) is 17.0. The Morgan fingerprint density at radius 2 is 1.80 bits per heavy atom. The van der Waals surface area contributed by atoms with E-state index < -0.39 is 0 Å². The number of hydrogen-bond acceptors (Lipinski definition) is 4. The van der Waals surface area contributed by atoms with Crippen molar-refractivity contribution < 1.29 is 4.79 Å². The van der Waals surface area contributed by atoms with Crippen LogP contribution in [0.2, 0.25) is 5.02 Å². The number of halogens is 1. The maximum atomic E-state index is 12.6. The molecule has 1 amide bonds. The maximum Gasteiger partial charge on any atom is 0.280 e. The number of carbonyl (C=O) groups is 1. The molecule has 0 aliphatic heterocycles. The van der Waals surface area contributed by atoms with Gasteiger partial charge in [-0.1, -0.05) is 35.4 Å². The normalized spacial score (nSPS) is 10.6. The number of nitrogens with zero attached hydrogens (tertiary/aromatic N) is 2. The summed E-state index contributed by atoms with van der Waals surface area (Å²) in [6.45, 7) is 5.95. The molecular formula is C18H18ClN5O. The van der Waals surface area contributed by atoms with Gasteiger partial charge in [-0.05, 0) is 50.1 Å². The molecule has 0 spiro atoms. The molecule has 0 unspecified atom stereocenters. The predicted octanol–water partition coefficient (Wildman–Crippen LogP) is 4.38. The summed E-state index contributed by atoms with van der Waals surface area (Å²) in [5.41, 5.74) is 4.83. The second-order valence-corrected chi connectivity index (χ2v) is 6.32. The molecule has 3 rings (SSSR count). The molecule has 25 heavy (non-hydrogen) atoms. The Morgan fingerprint density at radius 3 is 2.48 bits per heavy atom. The van der Waals surface area contributed by atoms with Crippen molar-refractivity contribution in [1.82, 2.24) is 15.4 Å². The Bertz CT molecular complexity index is 912. The number of nitrogens with one attached hydrogen (secondary N) is 3. The minimum Gasteiger partial charge on any atom is -0.337 e. The highest BCUT2D eigenvalue weighted by atomic mass is 35.5. The summed E-state index contributed by atoms with van der Waals surface area (Å²) >= 11 is 5.98. The standard InChI is InChI=1S/C18H18ClN5O/c1-10-7-11(2)15(12(3)8-10)21-18(25)16-17(23-24-22-16)20-14-6-4-5-13(19)9-14/h4-9H,1-3H3,(H,21,25)(H2,20,22,23,24). The molecule has 0 radical (unpaired) electrons. The lowest BCUT2D eigenvalue weighted by Crippen LogP contribution is -2.16. The average molecular weight is 356 g/mol. The van der Waals surface area contributed by atoms with E-state index in [2.05, 4.69) is 26.0 Å². The number of aromatic amines is 1. The van der Waals surface area contributed by atoms with E-state index in [1.165, 1.54) is 0 Å². The van der Waals surface area contributed by atoms with E-state index in [1.54, 1.807) is 12.1 Å². The quantitative estimate of drug-likeness (QED) is 0.648. The number of anilines is 3. The van der Waals surface area contributed by atoms with Crippen LogP contribution in [0.5, 0.6) is 0 Å². The second kappa shape index (κ2) is 6.94. The molecule has 1 heterocycles. The first-order valence-electron chi connectivity index (χ1n) is 7.76. The molecule has 2 aromatic carbocycles. The number of hydrogen-bond donors (Lipinski definition) is 3. The van der Waals surface area contributed by atoms with Crippen molar-refractivity contribution in [1.29, 1.82) is 0 Å². The molecule has 0 fully saturated rings. The zero-order valence-electron chi connectivity index (χ0n) is 14.1. The fourth-order valence-electron chi connectivity index (χ4n) is 2.73. The second-order valence-electron chi connectivity index (χ2n) is 5.88. The molecule has 0 saturated heterocycles. The van der Waals surface area contributed by atoms with Crippen molar-refractivity contribution in [3.8, 4) is 0 Å². The third-order valence-electron chi connectivity index (χ3n) is 3.77. The monoisotopic (exact) mass is 355 g/mol. The van der Waals surface area contributed by atoms with Gasteiger partial charge in [0.25, 0.3) is 5.91 Å². The molecule has 1 aromatic heterocycles. The zero-order valence-corrected chi connectivity index (χ0v) is 14.9. The lowest BCUT2D eigenvalue weighted by molar-refractivity contribution is 0.102. The third-order valence-corrected chi connectivity index (χ3v) is 4.00. The highest BCUT2D eigenvalue weighted by molar-refractivity contribution is 6.30. The summed E-state index contributed by atoms with van der Waals surface area (Å²) in [5, 5.41) is 17.0. The van der Waals surface area contributed by atoms with Gasteiger partial charge in [-0.15, -0.1) is 10.2 Å². The molecule has 0 bridgehead atoms. The lowest BCUT2D eigenvalue weighted by atomic mass is 10.1. The number of H-pyrrole nitrogens is 1. The van der Waals surface area contributed by atoms with E-state index in [-0.39, 0.29) is 11.6 Å². The highest BCUT2D eigenvalue weighted by Gasteiger charge is 2.18. The van der Waals surface area contributed by atoms with E-state index in [1.807, 2.05) is 45.0 Å². The molecule has 128 valence electrons. The Balaban J connectivity index is 1.84.